The number of rotatable bonds is 2. The van der Waals surface area contributed by atoms with Crippen LogP contribution in [0.2, 0.25) is 0 Å². The van der Waals surface area contributed by atoms with Crippen LogP contribution in [0.1, 0.15) is 11.6 Å². The van der Waals surface area contributed by atoms with Crippen molar-refractivity contribution >= 4 is 52.4 Å². The number of alkyl halides is 4. The van der Waals surface area contributed by atoms with Gasteiger partial charge in [0.05, 0.1) is 0 Å². The molecule has 0 aliphatic carbocycles. The highest BCUT2D eigenvalue weighted by Crippen LogP contribution is 2.35. The van der Waals surface area contributed by atoms with Gasteiger partial charge in [-0.15, -0.1) is 11.6 Å². The van der Waals surface area contributed by atoms with E-state index in [1.807, 2.05) is 0 Å². The molecular formula is C6H6Cl4N4. The van der Waals surface area contributed by atoms with Crippen molar-refractivity contribution in [2.75, 3.05) is 11.6 Å². The third kappa shape index (κ3) is 3.28. The zero-order valence-electron chi connectivity index (χ0n) is 6.85. The second-order valence-corrected chi connectivity index (χ2v) is 5.03. The summed E-state index contributed by atoms with van der Waals surface area (Å²) in [4.78, 5) is 11.4. The Bertz CT molecular complexity index is 324. The van der Waals surface area contributed by atoms with E-state index in [1.54, 1.807) is 0 Å². The van der Waals surface area contributed by atoms with Crippen molar-refractivity contribution in [3.8, 4) is 0 Å². The van der Waals surface area contributed by atoms with Gasteiger partial charge >= 0.3 is 0 Å². The summed E-state index contributed by atoms with van der Waals surface area (Å²) in [5.41, 5.74) is 5.41. The lowest BCUT2D eigenvalue weighted by Crippen LogP contribution is -2.13. The first-order valence-corrected chi connectivity index (χ1v) is 5.24. The van der Waals surface area contributed by atoms with Crippen molar-refractivity contribution in [3.63, 3.8) is 0 Å². The molecule has 0 saturated carbocycles. The Kier molecular flexibility index (Phi) is 4.01. The Labute approximate surface area is 101 Å². The van der Waals surface area contributed by atoms with Crippen LogP contribution in [-0.2, 0) is 10.2 Å². The zero-order valence-corrected chi connectivity index (χ0v) is 9.87. The molecule has 78 valence electrons. The van der Waals surface area contributed by atoms with Crippen LogP contribution in [0.15, 0.2) is 0 Å². The van der Waals surface area contributed by atoms with E-state index in [9.17, 15) is 0 Å². The highest BCUT2D eigenvalue weighted by atomic mass is 35.6. The third-order valence-electron chi connectivity index (χ3n) is 1.27. The predicted octanol–water partition coefficient (Wildman–Crippen LogP) is 2.06. The fraction of sp³-hybridized carbons (Fsp3) is 0.500. The van der Waals surface area contributed by atoms with Crippen LogP contribution >= 0.6 is 46.4 Å². The number of nitrogens with two attached hydrogens (primary N) is 1. The smallest absolute Gasteiger partial charge is 0.250 e. The van der Waals surface area contributed by atoms with Gasteiger partial charge in [-0.3, -0.25) is 0 Å². The Hall–Kier alpha value is -0.0300. The summed E-state index contributed by atoms with van der Waals surface area (Å²) in [5, 5.41) is 0. The molecule has 0 radical (unpaired) electrons. The van der Waals surface area contributed by atoms with Gasteiger partial charge in [-0.25, -0.2) is 4.98 Å². The molecule has 0 aliphatic rings. The molecule has 1 rings (SSSR count). The number of hydrogen-bond donors (Lipinski definition) is 1. The van der Waals surface area contributed by atoms with E-state index in [0.717, 1.165) is 0 Å². The topological polar surface area (TPSA) is 64.7 Å². The van der Waals surface area contributed by atoms with Crippen molar-refractivity contribution in [2.24, 2.45) is 0 Å². The van der Waals surface area contributed by atoms with Crippen LogP contribution in [0.3, 0.4) is 0 Å². The lowest BCUT2D eigenvalue weighted by Gasteiger charge is -2.10. The Morgan fingerprint density at radius 1 is 1.14 bits per heavy atom. The van der Waals surface area contributed by atoms with E-state index >= 15 is 0 Å². The number of halogens is 4. The van der Waals surface area contributed by atoms with Gasteiger partial charge in [0.25, 0.3) is 0 Å². The summed E-state index contributed by atoms with van der Waals surface area (Å²) in [5.74, 6) is 0.799. The van der Waals surface area contributed by atoms with Crippen LogP contribution in [0.25, 0.3) is 0 Å². The molecule has 0 aliphatic heterocycles. The van der Waals surface area contributed by atoms with Gasteiger partial charge in [-0.2, -0.15) is 9.97 Å². The lowest BCUT2D eigenvalue weighted by molar-refractivity contribution is 0.846. The maximum atomic E-state index is 5.59. The molecule has 14 heavy (non-hydrogen) atoms. The van der Waals surface area contributed by atoms with Crippen molar-refractivity contribution < 1.29 is 0 Å². The van der Waals surface area contributed by atoms with Crippen LogP contribution in [0, 0.1) is 0 Å². The fourth-order valence-corrected chi connectivity index (χ4v) is 1.18. The molecule has 4 nitrogen and oxygen atoms in total. The lowest BCUT2D eigenvalue weighted by atomic mass is 10.4. The summed E-state index contributed by atoms with van der Waals surface area (Å²) in [6.45, 7) is 0. The molecule has 1 heterocycles. The standard InChI is InChI=1S/C6H6Cl4N4/c7-2-1-3-12-4(6(8,9)10)14-5(11)13-3/h1-2H2,(H2,11,12,13,14). The average molecular weight is 276 g/mol. The molecule has 8 heteroatoms. The molecule has 2 N–H and O–H groups in total. The van der Waals surface area contributed by atoms with Crippen LogP contribution in [0.5, 0.6) is 0 Å². The maximum absolute atomic E-state index is 5.59. The second-order valence-electron chi connectivity index (χ2n) is 2.37. The Morgan fingerprint density at radius 3 is 2.29 bits per heavy atom. The van der Waals surface area contributed by atoms with Gasteiger partial charge in [0, 0.05) is 12.3 Å². The molecule has 0 unspecified atom stereocenters. The van der Waals surface area contributed by atoms with Crippen molar-refractivity contribution in [1.82, 2.24) is 15.0 Å². The first-order valence-electron chi connectivity index (χ1n) is 3.57. The monoisotopic (exact) mass is 274 g/mol. The van der Waals surface area contributed by atoms with Gasteiger partial charge < -0.3 is 5.73 Å². The number of anilines is 1. The van der Waals surface area contributed by atoms with Gasteiger partial charge in [0.15, 0.2) is 5.82 Å². The van der Waals surface area contributed by atoms with E-state index in [2.05, 4.69) is 15.0 Å². The minimum absolute atomic E-state index is 0.00937. The highest BCUT2D eigenvalue weighted by molar-refractivity contribution is 6.66. The number of nitrogen functional groups attached to an aromatic ring is 1. The van der Waals surface area contributed by atoms with E-state index in [-0.39, 0.29) is 11.8 Å². The molecule has 0 saturated heterocycles. The molecular weight excluding hydrogens is 270 g/mol. The van der Waals surface area contributed by atoms with Crippen LogP contribution < -0.4 is 5.73 Å². The van der Waals surface area contributed by atoms with Gasteiger partial charge in [-0.05, 0) is 0 Å². The predicted molar refractivity (Wildman–Crippen MR) is 57.9 cm³/mol. The minimum Gasteiger partial charge on any atom is -0.368 e. The number of aromatic nitrogens is 3. The van der Waals surface area contributed by atoms with Crippen molar-refractivity contribution in [3.05, 3.63) is 11.6 Å². The number of aryl methyl sites for hydroxylation is 1. The van der Waals surface area contributed by atoms with Crippen molar-refractivity contribution in [2.45, 2.75) is 10.2 Å². The molecule has 0 bridgehead atoms. The zero-order chi connectivity index (χ0) is 10.8. The molecule has 0 amide bonds. The first kappa shape index (κ1) is 12.0. The largest absolute Gasteiger partial charge is 0.368 e. The quantitative estimate of drug-likeness (QED) is 0.839. The second kappa shape index (κ2) is 4.66. The van der Waals surface area contributed by atoms with Gasteiger partial charge in [0.2, 0.25) is 9.74 Å². The third-order valence-corrected chi connectivity index (χ3v) is 1.97. The van der Waals surface area contributed by atoms with E-state index < -0.39 is 3.79 Å². The Balaban J connectivity index is 3.07. The van der Waals surface area contributed by atoms with Crippen LogP contribution in [0.4, 0.5) is 5.95 Å². The van der Waals surface area contributed by atoms with Crippen molar-refractivity contribution in [1.29, 1.82) is 0 Å². The van der Waals surface area contributed by atoms with E-state index in [0.29, 0.717) is 18.1 Å². The normalized spacial score (nSPS) is 11.7. The number of nitrogens with zero attached hydrogens (tertiary/aromatic N) is 3. The average Bonchev–Trinajstić information content (AvgIpc) is 2.02. The molecule has 1 aromatic rings. The summed E-state index contributed by atoms with van der Waals surface area (Å²) in [6, 6.07) is 0. The highest BCUT2D eigenvalue weighted by Gasteiger charge is 2.27. The summed E-state index contributed by atoms with van der Waals surface area (Å²) < 4.78 is -1.70. The molecule has 0 spiro atoms. The fourth-order valence-electron chi connectivity index (χ4n) is 0.761. The molecule has 0 atom stereocenters. The van der Waals surface area contributed by atoms with Crippen LogP contribution in [-0.4, -0.2) is 20.8 Å². The number of hydrogen-bond acceptors (Lipinski definition) is 4. The maximum Gasteiger partial charge on any atom is 0.250 e. The molecule has 1 aromatic heterocycles. The van der Waals surface area contributed by atoms with E-state index in [1.165, 1.54) is 0 Å². The van der Waals surface area contributed by atoms with E-state index in [4.69, 9.17) is 52.1 Å². The summed E-state index contributed by atoms with van der Waals surface area (Å²) in [6.07, 6.45) is 0.446. The minimum atomic E-state index is -1.70. The molecule has 0 aromatic carbocycles. The Morgan fingerprint density at radius 2 is 1.79 bits per heavy atom. The first-order chi connectivity index (χ1) is 6.43. The summed E-state index contributed by atoms with van der Waals surface area (Å²) in [7, 11) is 0. The molecule has 0 fully saturated rings. The van der Waals surface area contributed by atoms with Gasteiger partial charge in [0.1, 0.15) is 5.82 Å². The SMILES string of the molecule is Nc1nc(CCCl)nc(C(Cl)(Cl)Cl)n1. The summed E-state index contributed by atoms with van der Waals surface area (Å²) >= 11 is 22.3. The van der Waals surface area contributed by atoms with Gasteiger partial charge in [-0.1, -0.05) is 34.8 Å².